The van der Waals surface area contributed by atoms with Gasteiger partial charge in [-0.3, -0.25) is 4.79 Å². The second-order valence-electron chi connectivity index (χ2n) is 6.09. The molecule has 0 aromatic carbocycles. The van der Waals surface area contributed by atoms with E-state index >= 15 is 0 Å². The fourth-order valence-electron chi connectivity index (χ4n) is 3.39. The zero-order valence-electron chi connectivity index (χ0n) is 13.5. The van der Waals surface area contributed by atoms with Gasteiger partial charge >= 0.3 is 0 Å². The third kappa shape index (κ3) is 2.52. The van der Waals surface area contributed by atoms with Crippen LogP contribution in [-0.2, 0) is 0 Å². The molecule has 0 saturated carbocycles. The first-order chi connectivity index (χ1) is 11.7. The Kier molecular flexibility index (Phi) is 3.69. The van der Waals surface area contributed by atoms with E-state index in [4.69, 9.17) is 4.42 Å². The molecule has 1 amide bonds. The normalized spacial score (nSPS) is 17.4. The average molecular weight is 321 g/mol. The molecule has 1 fully saturated rings. The molecule has 1 N–H and O–H groups in total. The van der Waals surface area contributed by atoms with Gasteiger partial charge in [0.15, 0.2) is 5.76 Å². The number of rotatable bonds is 3. The van der Waals surface area contributed by atoms with E-state index in [0.717, 1.165) is 36.5 Å². The number of H-pyrrole nitrogens is 1. The van der Waals surface area contributed by atoms with Crippen molar-refractivity contribution in [3.8, 4) is 11.5 Å². The molecule has 24 heavy (non-hydrogen) atoms. The number of likely N-dealkylation sites (tertiary alicyclic amines) is 1. The van der Waals surface area contributed by atoms with Crippen molar-refractivity contribution < 1.29 is 9.21 Å². The Hall–Kier alpha value is -2.82. The molecule has 0 spiro atoms. The predicted molar refractivity (Wildman–Crippen MR) is 90.5 cm³/mol. The number of hydrogen-bond acceptors (Lipinski definition) is 3. The van der Waals surface area contributed by atoms with Gasteiger partial charge in [-0.2, -0.15) is 0 Å². The summed E-state index contributed by atoms with van der Waals surface area (Å²) >= 11 is 0. The molecule has 5 nitrogen and oxygen atoms in total. The highest BCUT2D eigenvalue weighted by molar-refractivity contribution is 5.96. The molecule has 4 rings (SSSR count). The van der Waals surface area contributed by atoms with Crippen molar-refractivity contribution in [3.05, 3.63) is 65.8 Å². The van der Waals surface area contributed by atoms with Gasteiger partial charge in [0.1, 0.15) is 5.69 Å². The molecule has 1 saturated heterocycles. The number of aromatic amines is 1. The number of hydrogen-bond donors (Lipinski definition) is 1. The quantitative estimate of drug-likeness (QED) is 0.794. The number of carbonyl (C=O) groups excluding carboxylic acids is 1. The summed E-state index contributed by atoms with van der Waals surface area (Å²) in [6.45, 7) is 2.65. The van der Waals surface area contributed by atoms with Crippen LogP contribution in [0.15, 0.2) is 53.3 Å². The largest absolute Gasteiger partial charge is 0.463 e. The molecule has 5 heteroatoms. The number of aryl methyl sites for hydroxylation is 1. The second kappa shape index (κ2) is 6.00. The van der Waals surface area contributed by atoms with Crippen LogP contribution in [-0.4, -0.2) is 27.3 Å². The summed E-state index contributed by atoms with van der Waals surface area (Å²) in [4.78, 5) is 22.7. The zero-order valence-corrected chi connectivity index (χ0v) is 13.5. The van der Waals surface area contributed by atoms with E-state index in [1.54, 1.807) is 6.26 Å². The lowest BCUT2D eigenvalue weighted by Crippen LogP contribution is -2.31. The smallest absolute Gasteiger partial charge is 0.256 e. The van der Waals surface area contributed by atoms with Gasteiger partial charge in [0.05, 0.1) is 23.6 Å². The van der Waals surface area contributed by atoms with Crippen LogP contribution < -0.4 is 0 Å². The minimum atomic E-state index is 0.0445. The number of carbonyl (C=O) groups is 1. The summed E-state index contributed by atoms with van der Waals surface area (Å²) in [6, 6.07) is 11.5. The summed E-state index contributed by atoms with van der Waals surface area (Å²) < 4.78 is 5.38. The van der Waals surface area contributed by atoms with Gasteiger partial charge in [-0.25, -0.2) is 4.98 Å². The Morgan fingerprint density at radius 3 is 2.92 bits per heavy atom. The third-order valence-corrected chi connectivity index (χ3v) is 4.58. The van der Waals surface area contributed by atoms with Gasteiger partial charge < -0.3 is 14.3 Å². The lowest BCUT2D eigenvalue weighted by Gasteiger charge is -2.24. The number of nitrogens with one attached hydrogen (secondary N) is 1. The summed E-state index contributed by atoms with van der Waals surface area (Å²) in [5.41, 5.74) is 3.23. The minimum absolute atomic E-state index is 0.0445. The van der Waals surface area contributed by atoms with E-state index in [9.17, 15) is 4.79 Å². The molecular weight excluding hydrogens is 302 g/mol. The standard InChI is InChI=1S/C19H19N3O2/c1-13-14(8-9-16(21-13)18-7-4-12-24-18)19(23)22-11-3-6-17(22)15-5-2-10-20-15/h2,4-5,7-10,12,17,20H,3,6,11H2,1H3/t17-/m1/s1. The first kappa shape index (κ1) is 14.8. The van der Waals surface area contributed by atoms with E-state index in [1.165, 1.54) is 0 Å². The summed E-state index contributed by atoms with van der Waals surface area (Å²) in [5, 5.41) is 0. The second-order valence-corrected chi connectivity index (χ2v) is 6.09. The number of aromatic nitrogens is 2. The molecular formula is C19H19N3O2. The van der Waals surface area contributed by atoms with Gasteiger partial charge in [0, 0.05) is 18.4 Å². The Bertz CT molecular complexity index is 838. The SMILES string of the molecule is Cc1nc(-c2ccco2)ccc1C(=O)N1CCC[C@@H]1c1ccc[nH]1. The Morgan fingerprint density at radius 1 is 1.29 bits per heavy atom. The van der Waals surface area contributed by atoms with Crippen molar-refractivity contribution in [1.29, 1.82) is 0 Å². The first-order valence-electron chi connectivity index (χ1n) is 8.20. The summed E-state index contributed by atoms with van der Waals surface area (Å²) in [7, 11) is 0. The molecule has 1 aliphatic heterocycles. The molecule has 0 aliphatic carbocycles. The van der Waals surface area contributed by atoms with Crippen molar-refractivity contribution in [2.45, 2.75) is 25.8 Å². The van der Waals surface area contributed by atoms with Gasteiger partial charge in [-0.1, -0.05) is 0 Å². The van der Waals surface area contributed by atoms with E-state index in [2.05, 4.69) is 9.97 Å². The fourth-order valence-corrected chi connectivity index (χ4v) is 3.39. The Labute approximate surface area is 140 Å². The average Bonchev–Trinajstić information content (AvgIpc) is 3.35. The van der Waals surface area contributed by atoms with Crippen LogP contribution >= 0.6 is 0 Å². The molecule has 0 bridgehead atoms. The molecule has 122 valence electrons. The number of furan rings is 1. The Morgan fingerprint density at radius 2 is 2.21 bits per heavy atom. The molecule has 4 heterocycles. The Balaban J connectivity index is 1.62. The van der Waals surface area contributed by atoms with Crippen molar-refractivity contribution in [3.63, 3.8) is 0 Å². The minimum Gasteiger partial charge on any atom is -0.463 e. The van der Waals surface area contributed by atoms with E-state index in [0.29, 0.717) is 11.3 Å². The lowest BCUT2D eigenvalue weighted by atomic mass is 10.1. The maximum Gasteiger partial charge on any atom is 0.256 e. The number of amides is 1. The van der Waals surface area contributed by atoms with Crippen LogP contribution in [0.5, 0.6) is 0 Å². The van der Waals surface area contributed by atoms with Gasteiger partial charge in [0.2, 0.25) is 0 Å². The topological polar surface area (TPSA) is 62.1 Å². The lowest BCUT2D eigenvalue weighted by molar-refractivity contribution is 0.0732. The van der Waals surface area contributed by atoms with E-state index in [-0.39, 0.29) is 11.9 Å². The van der Waals surface area contributed by atoms with Gasteiger partial charge in [0.25, 0.3) is 5.91 Å². The monoisotopic (exact) mass is 321 g/mol. The summed E-state index contributed by atoms with van der Waals surface area (Å²) in [6.07, 6.45) is 5.54. The van der Waals surface area contributed by atoms with Crippen LogP contribution in [0.1, 0.15) is 40.6 Å². The van der Waals surface area contributed by atoms with E-state index < -0.39 is 0 Å². The third-order valence-electron chi connectivity index (χ3n) is 4.58. The molecule has 1 atom stereocenters. The van der Waals surface area contributed by atoms with Crippen LogP contribution in [0, 0.1) is 6.92 Å². The van der Waals surface area contributed by atoms with Crippen LogP contribution in [0.3, 0.4) is 0 Å². The highest BCUT2D eigenvalue weighted by atomic mass is 16.3. The van der Waals surface area contributed by atoms with Gasteiger partial charge in [-0.05, 0) is 56.2 Å². The molecule has 0 unspecified atom stereocenters. The first-order valence-corrected chi connectivity index (χ1v) is 8.20. The van der Waals surface area contributed by atoms with Crippen molar-refractivity contribution in [2.24, 2.45) is 0 Å². The summed E-state index contributed by atoms with van der Waals surface area (Å²) in [5.74, 6) is 0.755. The zero-order chi connectivity index (χ0) is 16.5. The van der Waals surface area contributed by atoms with Crippen molar-refractivity contribution in [2.75, 3.05) is 6.54 Å². The van der Waals surface area contributed by atoms with Crippen LogP contribution in [0.4, 0.5) is 0 Å². The maximum absolute atomic E-state index is 13.0. The van der Waals surface area contributed by atoms with Crippen molar-refractivity contribution in [1.82, 2.24) is 14.9 Å². The highest BCUT2D eigenvalue weighted by Gasteiger charge is 2.32. The fraction of sp³-hybridized carbons (Fsp3) is 0.263. The molecule has 1 aliphatic rings. The molecule has 3 aromatic rings. The predicted octanol–water partition coefficient (Wildman–Crippen LogP) is 3.96. The molecule has 3 aromatic heterocycles. The maximum atomic E-state index is 13.0. The van der Waals surface area contributed by atoms with Crippen LogP contribution in [0.2, 0.25) is 0 Å². The number of pyridine rings is 1. The van der Waals surface area contributed by atoms with Gasteiger partial charge in [-0.15, -0.1) is 0 Å². The van der Waals surface area contributed by atoms with Crippen molar-refractivity contribution >= 4 is 5.91 Å². The highest BCUT2D eigenvalue weighted by Crippen LogP contribution is 2.32. The van der Waals surface area contributed by atoms with Crippen LogP contribution in [0.25, 0.3) is 11.5 Å². The molecule has 0 radical (unpaired) electrons. The van der Waals surface area contributed by atoms with E-state index in [1.807, 2.05) is 54.4 Å². The number of nitrogens with zero attached hydrogens (tertiary/aromatic N) is 2.